The van der Waals surface area contributed by atoms with E-state index in [4.69, 9.17) is 11.6 Å². The largest absolute Gasteiger partial charge is 0.303 e. The lowest BCUT2D eigenvalue weighted by Gasteiger charge is -2.07. The number of carbonyl (C=O) groups excluding carboxylic acids is 1. The Hall–Kier alpha value is -0.890. The molecule has 0 aromatic heterocycles. The average molecular weight is 213 g/mol. The second-order valence-electron chi connectivity index (χ2n) is 3.91. The summed E-state index contributed by atoms with van der Waals surface area (Å²) >= 11 is 5.64. The van der Waals surface area contributed by atoms with Crippen molar-refractivity contribution < 1.29 is 9.18 Å². The van der Waals surface area contributed by atoms with Crippen LogP contribution in [0.4, 0.5) is 4.39 Å². The molecule has 1 nitrogen and oxygen atoms in total. The summed E-state index contributed by atoms with van der Waals surface area (Å²) in [6.07, 6.45) is 3.55. The SMILES string of the molecule is O=CC1(Cc2ccc(F)c(Cl)c2)CC1. The lowest BCUT2D eigenvalue weighted by molar-refractivity contribution is -0.112. The molecule has 0 N–H and O–H groups in total. The van der Waals surface area contributed by atoms with Gasteiger partial charge in [-0.3, -0.25) is 0 Å². The minimum absolute atomic E-state index is 0.129. The molecule has 74 valence electrons. The topological polar surface area (TPSA) is 17.1 Å². The van der Waals surface area contributed by atoms with Crippen LogP contribution >= 0.6 is 11.6 Å². The van der Waals surface area contributed by atoms with Gasteiger partial charge in [-0.1, -0.05) is 17.7 Å². The van der Waals surface area contributed by atoms with Gasteiger partial charge in [0.2, 0.25) is 0 Å². The Bertz CT molecular complexity index is 372. The quantitative estimate of drug-likeness (QED) is 0.704. The van der Waals surface area contributed by atoms with E-state index in [2.05, 4.69) is 0 Å². The van der Waals surface area contributed by atoms with E-state index in [1.165, 1.54) is 6.07 Å². The van der Waals surface area contributed by atoms with Crippen molar-refractivity contribution in [3.63, 3.8) is 0 Å². The normalized spacial score (nSPS) is 17.9. The molecule has 0 bridgehead atoms. The van der Waals surface area contributed by atoms with Gasteiger partial charge in [-0.15, -0.1) is 0 Å². The zero-order valence-electron chi connectivity index (χ0n) is 7.59. The summed E-state index contributed by atoms with van der Waals surface area (Å²) in [5.74, 6) is -0.411. The van der Waals surface area contributed by atoms with Crippen molar-refractivity contribution in [1.82, 2.24) is 0 Å². The molecule has 0 atom stereocenters. The van der Waals surface area contributed by atoms with Crippen LogP contribution in [0.2, 0.25) is 5.02 Å². The van der Waals surface area contributed by atoms with E-state index >= 15 is 0 Å². The average Bonchev–Trinajstić information content (AvgIpc) is 2.93. The summed E-state index contributed by atoms with van der Waals surface area (Å²) in [6.45, 7) is 0. The molecule has 0 aliphatic heterocycles. The van der Waals surface area contributed by atoms with Crippen LogP contribution in [0.3, 0.4) is 0 Å². The van der Waals surface area contributed by atoms with Crippen molar-refractivity contribution >= 4 is 17.9 Å². The van der Waals surface area contributed by atoms with Crippen LogP contribution in [0, 0.1) is 11.2 Å². The molecular weight excluding hydrogens is 203 g/mol. The highest BCUT2D eigenvalue weighted by atomic mass is 35.5. The highest BCUT2D eigenvalue weighted by Gasteiger charge is 2.42. The Labute approximate surface area is 86.9 Å². The molecule has 0 amide bonds. The fourth-order valence-electron chi connectivity index (χ4n) is 1.55. The third kappa shape index (κ3) is 1.80. The van der Waals surface area contributed by atoms with E-state index in [1.54, 1.807) is 12.1 Å². The third-order valence-corrected chi connectivity index (χ3v) is 2.97. The summed E-state index contributed by atoms with van der Waals surface area (Å²) < 4.78 is 12.8. The maximum atomic E-state index is 12.8. The fraction of sp³-hybridized carbons (Fsp3) is 0.364. The molecule has 0 unspecified atom stereocenters. The van der Waals surface area contributed by atoms with Gasteiger partial charge in [0.1, 0.15) is 12.1 Å². The minimum atomic E-state index is -0.411. The Morgan fingerprint density at radius 2 is 2.21 bits per heavy atom. The number of halogens is 2. The van der Waals surface area contributed by atoms with Crippen LogP contribution < -0.4 is 0 Å². The van der Waals surface area contributed by atoms with E-state index in [9.17, 15) is 9.18 Å². The van der Waals surface area contributed by atoms with Gasteiger partial charge < -0.3 is 4.79 Å². The number of aldehydes is 1. The first-order chi connectivity index (χ1) is 6.65. The van der Waals surface area contributed by atoms with Crippen molar-refractivity contribution in [2.24, 2.45) is 5.41 Å². The lowest BCUT2D eigenvalue weighted by Crippen LogP contribution is -2.06. The second kappa shape index (κ2) is 3.35. The molecule has 1 aromatic carbocycles. The smallest absolute Gasteiger partial charge is 0.141 e. The fourth-order valence-corrected chi connectivity index (χ4v) is 1.76. The molecule has 0 radical (unpaired) electrons. The number of rotatable bonds is 3. The lowest BCUT2D eigenvalue weighted by atomic mass is 9.98. The van der Waals surface area contributed by atoms with Gasteiger partial charge in [0.25, 0.3) is 0 Å². The second-order valence-corrected chi connectivity index (χ2v) is 4.31. The highest BCUT2D eigenvalue weighted by Crippen LogP contribution is 2.46. The molecular formula is C11H10ClFO. The Balaban J connectivity index is 2.17. The minimum Gasteiger partial charge on any atom is -0.303 e. The van der Waals surface area contributed by atoms with Gasteiger partial charge in [-0.05, 0) is 37.0 Å². The van der Waals surface area contributed by atoms with Crippen molar-refractivity contribution in [1.29, 1.82) is 0 Å². The molecule has 1 fully saturated rings. The maximum Gasteiger partial charge on any atom is 0.141 e. The van der Waals surface area contributed by atoms with E-state index in [0.717, 1.165) is 24.7 Å². The molecule has 1 aliphatic rings. The number of hydrogen-bond donors (Lipinski definition) is 0. The maximum absolute atomic E-state index is 12.8. The van der Waals surface area contributed by atoms with Gasteiger partial charge in [0.05, 0.1) is 5.02 Å². The van der Waals surface area contributed by atoms with Crippen molar-refractivity contribution in [2.45, 2.75) is 19.3 Å². The molecule has 1 aromatic rings. The predicted molar refractivity (Wildman–Crippen MR) is 52.8 cm³/mol. The molecule has 0 spiro atoms. The van der Waals surface area contributed by atoms with Crippen LogP contribution in [0.1, 0.15) is 18.4 Å². The zero-order chi connectivity index (χ0) is 10.2. The summed E-state index contributed by atoms with van der Waals surface area (Å²) in [7, 11) is 0. The van der Waals surface area contributed by atoms with Crippen molar-refractivity contribution in [2.75, 3.05) is 0 Å². The predicted octanol–water partition coefficient (Wildman–Crippen LogP) is 3.00. The molecule has 0 heterocycles. The Morgan fingerprint density at radius 1 is 1.50 bits per heavy atom. The van der Waals surface area contributed by atoms with Gasteiger partial charge in [0.15, 0.2) is 0 Å². The first-order valence-electron chi connectivity index (χ1n) is 4.55. The van der Waals surface area contributed by atoms with Gasteiger partial charge >= 0.3 is 0 Å². The molecule has 2 rings (SSSR count). The molecule has 3 heteroatoms. The summed E-state index contributed by atoms with van der Waals surface area (Å²) in [4.78, 5) is 10.7. The van der Waals surface area contributed by atoms with Crippen LogP contribution in [0.25, 0.3) is 0 Å². The molecule has 0 saturated heterocycles. The molecule has 1 saturated carbocycles. The van der Waals surface area contributed by atoms with Crippen molar-refractivity contribution in [3.8, 4) is 0 Å². The summed E-state index contributed by atoms with van der Waals surface area (Å²) in [6, 6.07) is 4.63. The number of hydrogen-bond acceptors (Lipinski definition) is 1. The van der Waals surface area contributed by atoms with E-state index in [1.807, 2.05) is 0 Å². The number of benzene rings is 1. The first-order valence-corrected chi connectivity index (χ1v) is 4.93. The summed E-state index contributed by atoms with van der Waals surface area (Å²) in [5.41, 5.74) is 0.752. The highest BCUT2D eigenvalue weighted by molar-refractivity contribution is 6.30. The van der Waals surface area contributed by atoms with Crippen LogP contribution in [0.15, 0.2) is 18.2 Å². The Kier molecular flexibility index (Phi) is 2.31. The van der Waals surface area contributed by atoms with E-state index in [-0.39, 0.29) is 10.4 Å². The monoisotopic (exact) mass is 212 g/mol. The third-order valence-electron chi connectivity index (χ3n) is 2.68. The standard InChI is InChI=1S/C11H10ClFO/c12-9-5-8(1-2-10(9)13)6-11(7-14)3-4-11/h1-2,5,7H,3-4,6H2. The Morgan fingerprint density at radius 3 is 2.71 bits per heavy atom. The summed E-state index contributed by atoms with van der Waals surface area (Å²) in [5, 5.41) is 0.129. The van der Waals surface area contributed by atoms with Gasteiger partial charge in [-0.25, -0.2) is 4.39 Å². The molecule has 14 heavy (non-hydrogen) atoms. The van der Waals surface area contributed by atoms with E-state index in [0.29, 0.717) is 6.42 Å². The van der Waals surface area contributed by atoms with Gasteiger partial charge in [0, 0.05) is 5.41 Å². The zero-order valence-corrected chi connectivity index (χ0v) is 8.35. The van der Waals surface area contributed by atoms with Crippen LogP contribution in [0.5, 0.6) is 0 Å². The van der Waals surface area contributed by atoms with Gasteiger partial charge in [-0.2, -0.15) is 0 Å². The van der Waals surface area contributed by atoms with E-state index < -0.39 is 5.82 Å². The molecule has 1 aliphatic carbocycles. The van der Waals surface area contributed by atoms with Crippen molar-refractivity contribution in [3.05, 3.63) is 34.6 Å². The van der Waals surface area contributed by atoms with Crippen LogP contribution in [-0.4, -0.2) is 6.29 Å². The number of carbonyl (C=O) groups is 1. The first kappa shape index (κ1) is 9.66. The van der Waals surface area contributed by atoms with Crippen LogP contribution in [-0.2, 0) is 11.2 Å².